The average molecular weight is 482 g/mol. The van der Waals surface area contributed by atoms with Gasteiger partial charge in [0.1, 0.15) is 0 Å². The predicted octanol–water partition coefficient (Wildman–Crippen LogP) is 4.70. The molecule has 9 heteroatoms. The second-order valence-electron chi connectivity index (χ2n) is 9.11. The van der Waals surface area contributed by atoms with E-state index in [9.17, 15) is 13.4 Å². The smallest absolute Gasteiger partial charge is 0.259 e. The van der Waals surface area contributed by atoms with E-state index in [0.29, 0.717) is 24.6 Å². The van der Waals surface area contributed by atoms with Crippen molar-refractivity contribution in [2.75, 3.05) is 14.1 Å². The molecule has 0 bridgehead atoms. The summed E-state index contributed by atoms with van der Waals surface area (Å²) in [4.78, 5) is 15.5. The first-order valence-electron chi connectivity index (χ1n) is 10.7. The maximum absolute atomic E-state index is 14.5. The predicted molar refractivity (Wildman–Crippen MR) is 127 cm³/mol. The van der Waals surface area contributed by atoms with Gasteiger partial charge in [-0.3, -0.25) is 4.79 Å². The van der Waals surface area contributed by atoms with Gasteiger partial charge >= 0.3 is 0 Å². The van der Waals surface area contributed by atoms with Crippen molar-refractivity contribution >= 4 is 27.2 Å². The fourth-order valence-corrected chi connectivity index (χ4v) is 6.79. The van der Waals surface area contributed by atoms with Crippen LogP contribution in [0, 0.1) is 5.82 Å². The number of fused-ring (bicyclic) bond motifs is 1. The van der Waals surface area contributed by atoms with Crippen molar-refractivity contribution in [1.29, 1.82) is 0 Å². The molecule has 1 unspecified atom stereocenters. The summed E-state index contributed by atoms with van der Waals surface area (Å²) in [7, 11) is 0.0276. The Bertz CT molecular complexity index is 1150. The van der Waals surface area contributed by atoms with Crippen LogP contribution in [0.2, 0.25) is 0 Å². The molecule has 0 saturated carbocycles. The summed E-state index contributed by atoms with van der Waals surface area (Å²) in [6.07, 6.45) is -0.0277. The molecule has 0 saturated heterocycles. The molecule has 1 atom stereocenters. The van der Waals surface area contributed by atoms with E-state index in [1.54, 1.807) is 0 Å². The minimum atomic E-state index is -3.68. The Kier molecular flexibility index (Phi) is 7.56. The van der Waals surface area contributed by atoms with E-state index in [2.05, 4.69) is 38.1 Å². The zero-order valence-corrected chi connectivity index (χ0v) is 21.2. The first-order valence-corrected chi connectivity index (χ1v) is 13.1. The highest BCUT2D eigenvalue weighted by atomic mass is 32.2. The quantitative estimate of drug-likeness (QED) is 0.621. The van der Waals surface area contributed by atoms with Gasteiger partial charge in [-0.2, -0.15) is 0 Å². The minimum Gasteiger partial charge on any atom is -0.372 e. The third-order valence-corrected chi connectivity index (χ3v) is 8.49. The molecule has 1 aromatic carbocycles. The van der Waals surface area contributed by atoms with E-state index in [0.717, 1.165) is 39.2 Å². The molecule has 1 aromatic heterocycles. The van der Waals surface area contributed by atoms with Crippen LogP contribution in [0.4, 0.5) is 4.39 Å². The van der Waals surface area contributed by atoms with Crippen LogP contribution in [0.1, 0.15) is 72.2 Å². The van der Waals surface area contributed by atoms with Gasteiger partial charge in [0.15, 0.2) is 19.9 Å². The van der Waals surface area contributed by atoms with Crippen molar-refractivity contribution in [1.82, 2.24) is 4.90 Å². The van der Waals surface area contributed by atoms with Crippen LogP contribution in [0.25, 0.3) is 0 Å². The molecule has 1 aliphatic rings. The lowest BCUT2D eigenvalue weighted by molar-refractivity contribution is -0.117. The van der Waals surface area contributed by atoms with Crippen molar-refractivity contribution in [2.24, 2.45) is 9.50 Å². The molecule has 0 fully saturated rings. The van der Waals surface area contributed by atoms with Crippen molar-refractivity contribution in [3.05, 3.63) is 50.6 Å². The number of halogens is 1. The number of thiophene rings is 1. The molecular formula is C23H32FN3O3S2. The number of amides is 1. The van der Waals surface area contributed by atoms with E-state index in [1.807, 2.05) is 19.0 Å². The summed E-state index contributed by atoms with van der Waals surface area (Å²) < 4.78 is 36.8. The number of rotatable bonds is 7. The van der Waals surface area contributed by atoms with E-state index in [4.69, 9.17) is 9.88 Å². The molecule has 0 radical (unpaired) electrons. The van der Waals surface area contributed by atoms with Gasteiger partial charge in [0.25, 0.3) is 5.91 Å². The molecule has 3 rings (SSSR count). The highest BCUT2D eigenvalue weighted by Crippen LogP contribution is 2.37. The number of carbonyl (C=O) groups is 1. The monoisotopic (exact) mass is 481 g/mol. The Morgan fingerprint density at radius 2 is 1.94 bits per heavy atom. The van der Waals surface area contributed by atoms with Crippen LogP contribution >= 0.6 is 11.3 Å². The van der Waals surface area contributed by atoms with E-state index < -0.39 is 21.6 Å². The van der Waals surface area contributed by atoms with Gasteiger partial charge in [-0.1, -0.05) is 33.8 Å². The van der Waals surface area contributed by atoms with Crippen LogP contribution in [-0.4, -0.2) is 29.1 Å². The molecule has 2 N–H and O–H groups in total. The lowest BCUT2D eigenvalue weighted by Gasteiger charge is -2.22. The van der Waals surface area contributed by atoms with Gasteiger partial charge in [0.2, 0.25) is 0 Å². The fourth-order valence-electron chi connectivity index (χ4n) is 4.21. The van der Waals surface area contributed by atoms with Gasteiger partial charge in [0.05, 0.1) is 19.6 Å². The fraction of sp³-hybridized carbons (Fsp3) is 0.522. The highest BCUT2D eigenvalue weighted by Gasteiger charge is 2.26. The third kappa shape index (κ3) is 5.28. The normalized spacial score (nSPS) is 15.5. The summed E-state index contributed by atoms with van der Waals surface area (Å²) in [6.45, 7) is 9.89. The number of nitrogens with zero attached hydrogens (tertiary/aromatic N) is 2. The highest BCUT2D eigenvalue weighted by molar-refractivity contribution is 7.93. The standard InChI is InChI=1S/C23H32FN3O3S2/c1-13(2)17-7-15-11-30-12-19(15)22(14(3)4)18(17)9-21(28)26-32(25,29)23-20(24)8-16(31-23)10-27(5)6/h7-8,13-14H,9-12H2,1-6H3,(H2,25,26,28,29). The summed E-state index contributed by atoms with van der Waals surface area (Å²) in [5.74, 6) is -0.928. The lowest BCUT2D eigenvalue weighted by atomic mass is 9.82. The molecule has 6 nitrogen and oxygen atoms in total. The molecule has 32 heavy (non-hydrogen) atoms. The summed E-state index contributed by atoms with van der Waals surface area (Å²) in [6, 6.07) is 3.41. The number of benzene rings is 1. The van der Waals surface area contributed by atoms with Crippen molar-refractivity contribution in [3.8, 4) is 0 Å². The first-order chi connectivity index (χ1) is 14.9. The largest absolute Gasteiger partial charge is 0.372 e. The Morgan fingerprint density at radius 3 is 2.53 bits per heavy atom. The number of hydrogen-bond acceptors (Lipinski definition) is 5. The van der Waals surface area contributed by atoms with Gasteiger partial charge in [-0.05, 0) is 59.8 Å². The van der Waals surface area contributed by atoms with E-state index in [-0.39, 0.29) is 22.5 Å². The summed E-state index contributed by atoms with van der Waals surface area (Å²) in [5.41, 5.74) is 5.32. The lowest BCUT2D eigenvalue weighted by Crippen LogP contribution is -2.17. The SMILES string of the molecule is CC(C)c1cc2c(c(C(C)C)c1CC(=O)N=S(N)(=O)c1sc(CN(C)C)cc1F)COC2. The number of carbonyl (C=O) groups excluding carboxylic acids is 1. The molecule has 0 spiro atoms. The summed E-state index contributed by atoms with van der Waals surface area (Å²) in [5, 5.41) is 5.90. The van der Waals surface area contributed by atoms with Crippen LogP contribution in [0.15, 0.2) is 20.7 Å². The molecular weight excluding hydrogens is 449 g/mol. The average Bonchev–Trinajstić information content (AvgIpc) is 3.25. The Hall–Kier alpha value is -1.65. The maximum atomic E-state index is 14.5. The van der Waals surface area contributed by atoms with Crippen LogP contribution in [-0.2, 0) is 45.6 Å². The molecule has 0 aliphatic carbocycles. The molecule has 1 aliphatic heterocycles. The maximum Gasteiger partial charge on any atom is 0.259 e. The molecule has 2 aromatic rings. The van der Waals surface area contributed by atoms with Crippen LogP contribution in [0.5, 0.6) is 0 Å². The van der Waals surface area contributed by atoms with Crippen molar-refractivity contribution < 1.29 is 18.1 Å². The first kappa shape index (κ1) is 25.0. The zero-order valence-electron chi connectivity index (χ0n) is 19.5. The Labute approximate surface area is 194 Å². The number of ether oxygens (including phenoxy) is 1. The van der Waals surface area contributed by atoms with Gasteiger partial charge in [0, 0.05) is 11.4 Å². The zero-order chi connectivity index (χ0) is 23.8. The minimum absolute atomic E-state index is 0.0277. The molecule has 2 heterocycles. The number of hydrogen-bond donors (Lipinski definition) is 1. The molecule has 176 valence electrons. The number of nitrogens with two attached hydrogens (primary N) is 1. The second-order valence-corrected chi connectivity index (χ2v) is 12.2. The van der Waals surface area contributed by atoms with Gasteiger partial charge in [-0.25, -0.2) is 13.7 Å². The van der Waals surface area contributed by atoms with Gasteiger partial charge in [-0.15, -0.1) is 15.7 Å². The van der Waals surface area contributed by atoms with Gasteiger partial charge < -0.3 is 9.64 Å². The topological polar surface area (TPSA) is 85.0 Å². The van der Waals surface area contributed by atoms with Crippen LogP contribution in [0.3, 0.4) is 0 Å². The van der Waals surface area contributed by atoms with Crippen LogP contribution < -0.4 is 5.14 Å². The third-order valence-electron chi connectivity index (χ3n) is 5.43. The van der Waals surface area contributed by atoms with Crippen molar-refractivity contribution in [3.63, 3.8) is 0 Å². The Morgan fingerprint density at radius 1 is 1.25 bits per heavy atom. The van der Waals surface area contributed by atoms with Crippen molar-refractivity contribution in [2.45, 2.75) is 69.9 Å². The molecule has 1 amide bonds. The van der Waals surface area contributed by atoms with E-state index in [1.165, 1.54) is 6.07 Å². The Balaban J connectivity index is 2.01. The second kappa shape index (κ2) is 9.69. The van der Waals surface area contributed by atoms with E-state index >= 15 is 0 Å². The summed E-state index contributed by atoms with van der Waals surface area (Å²) >= 11 is 0.996.